The summed E-state index contributed by atoms with van der Waals surface area (Å²) >= 11 is 0. The van der Waals surface area contributed by atoms with E-state index in [4.69, 9.17) is 15.9 Å². The minimum atomic E-state index is 0.441. The van der Waals surface area contributed by atoms with E-state index >= 15 is 0 Å². The molecule has 84 valence electrons. The molecular weight excluding hydrogens is 204 g/mol. The summed E-state index contributed by atoms with van der Waals surface area (Å²) in [6.45, 7) is 2.84. The van der Waals surface area contributed by atoms with Gasteiger partial charge in [-0.3, -0.25) is 4.79 Å². The number of hydrogen-bond donors (Lipinski definition) is 0. The van der Waals surface area contributed by atoms with Crippen molar-refractivity contribution in [3.63, 3.8) is 0 Å². The normalized spacial score (nSPS) is 9.25. The van der Waals surface area contributed by atoms with E-state index in [1.165, 1.54) is 0 Å². The lowest BCUT2D eigenvalue weighted by Gasteiger charge is -2.11. The summed E-state index contributed by atoms with van der Waals surface area (Å²) in [5, 5.41) is 0. The Balaban J connectivity index is 2.81. The first-order valence-corrected chi connectivity index (χ1v) is 5.10. The maximum Gasteiger partial charge on any atom is 0.161 e. The third-order valence-corrected chi connectivity index (χ3v) is 1.91. The molecule has 0 amide bonds. The van der Waals surface area contributed by atoms with Crippen LogP contribution in [0.3, 0.4) is 0 Å². The predicted molar refractivity (Wildman–Crippen MR) is 61.9 cm³/mol. The summed E-state index contributed by atoms with van der Waals surface area (Å²) in [5.74, 6) is 3.68. The first-order valence-electron chi connectivity index (χ1n) is 5.10. The molecule has 1 rings (SSSR count). The average Bonchev–Trinajstić information content (AvgIpc) is 2.31. The van der Waals surface area contributed by atoms with Gasteiger partial charge in [0.05, 0.1) is 13.2 Å². The van der Waals surface area contributed by atoms with E-state index in [1.54, 1.807) is 18.2 Å². The number of benzene rings is 1. The molecule has 0 atom stereocenters. The highest BCUT2D eigenvalue weighted by Crippen LogP contribution is 2.28. The molecule has 16 heavy (non-hydrogen) atoms. The van der Waals surface area contributed by atoms with Crippen LogP contribution in [-0.4, -0.2) is 19.5 Å². The predicted octanol–water partition coefficient (Wildman–Crippen LogP) is 2.30. The molecule has 0 bridgehead atoms. The maximum absolute atomic E-state index is 10.6. The van der Waals surface area contributed by atoms with Gasteiger partial charge in [-0.15, -0.1) is 12.3 Å². The number of hydrogen-bond acceptors (Lipinski definition) is 3. The summed E-state index contributed by atoms with van der Waals surface area (Å²) in [5.41, 5.74) is 0.563. The highest BCUT2D eigenvalue weighted by molar-refractivity contribution is 5.76. The van der Waals surface area contributed by atoms with E-state index in [0.717, 1.165) is 6.29 Å². The van der Waals surface area contributed by atoms with Gasteiger partial charge in [-0.05, 0) is 25.1 Å². The molecule has 0 aliphatic rings. The number of aldehydes is 1. The molecule has 0 saturated carbocycles. The van der Waals surface area contributed by atoms with Gasteiger partial charge in [0.2, 0.25) is 0 Å². The van der Waals surface area contributed by atoms with E-state index in [2.05, 4.69) is 5.92 Å². The van der Waals surface area contributed by atoms with Crippen LogP contribution < -0.4 is 9.47 Å². The van der Waals surface area contributed by atoms with Crippen LogP contribution in [-0.2, 0) is 0 Å². The first kappa shape index (κ1) is 12.1. The second-order valence-electron chi connectivity index (χ2n) is 3.06. The van der Waals surface area contributed by atoms with Gasteiger partial charge in [-0.1, -0.05) is 0 Å². The van der Waals surface area contributed by atoms with Crippen molar-refractivity contribution in [3.05, 3.63) is 23.8 Å². The molecule has 0 aliphatic carbocycles. The smallest absolute Gasteiger partial charge is 0.161 e. The second-order valence-corrected chi connectivity index (χ2v) is 3.06. The van der Waals surface area contributed by atoms with E-state index in [0.29, 0.717) is 36.7 Å². The minimum absolute atomic E-state index is 0.441. The highest BCUT2D eigenvalue weighted by Gasteiger charge is 2.05. The van der Waals surface area contributed by atoms with Gasteiger partial charge in [0.25, 0.3) is 0 Å². The van der Waals surface area contributed by atoms with Crippen molar-refractivity contribution in [1.82, 2.24) is 0 Å². The second kappa shape index (κ2) is 6.52. The van der Waals surface area contributed by atoms with Crippen LogP contribution in [0.4, 0.5) is 0 Å². The summed E-state index contributed by atoms with van der Waals surface area (Å²) in [7, 11) is 0. The van der Waals surface area contributed by atoms with Crippen LogP contribution in [0.15, 0.2) is 18.2 Å². The lowest BCUT2D eigenvalue weighted by atomic mass is 10.2. The van der Waals surface area contributed by atoms with Gasteiger partial charge in [0.1, 0.15) is 6.29 Å². The van der Waals surface area contributed by atoms with Gasteiger partial charge >= 0.3 is 0 Å². The molecule has 0 aliphatic heterocycles. The van der Waals surface area contributed by atoms with Crippen molar-refractivity contribution >= 4 is 6.29 Å². The van der Waals surface area contributed by atoms with Crippen LogP contribution in [0.1, 0.15) is 23.7 Å². The number of carbonyl (C=O) groups is 1. The highest BCUT2D eigenvalue weighted by atomic mass is 16.5. The fraction of sp³-hybridized carbons (Fsp3) is 0.308. The van der Waals surface area contributed by atoms with Crippen molar-refractivity contribution < 1.29 is 14.3 Å². The number of ether oxygens (including phenoxy) is 2. The van der Waals surface area contributed by atoms with Crippen LogP contribution >= 0.6 is 0 Å². The molecule has 0 heterocycles. The Morgan fingerprint density at radius 3 is 2.81 bits per heavy atom. The molecule has 1 aromatic carbocycles. The summed E-state index contributed by atoms with van der Waals surface area (Å²) in [6, 6.07) is 5.05. The van der Waals surface area contributed by atoms with E-state index < -0.39 is 0 Å². The summed E-state index contributed by atoms with van der Waals surface area (Å²) < 4.78 is 10.8. The van der Waals surface area contributed by atoms with Crippen molar-refractivity contribution in [3.8, 4) is 23.8 Å². The Hall–Kier alpha value is -1.95. The van der Waals surface area contributed by atoms with Gasteiger partial charge in [-0.25, -0.2) is 0 Å². The zero-order chi connectivity index (χ0) is 11.8. The molecule has 0 fully saturated rings. The first-order chi connectivity index (χ1) is 7.81. The van der Waals surface area contributed by atoms with Crippen molar-refractivity contribution in [2.75, 3.05) is 13.2 Å². The standard InChI is InChI=1S/C13H14O3/c1-3-5-8-16-12-7-6-11(10-14)9-13(12)15-4-2/h1,6-7,9-10H,4-5,8H2,2H3. The molecule has 0 spiro atoms. The fourth-order valence-corrected chi connectivity index (χ4v) is 1.21. The van der Waals surface area contributed by atoms with Crippen LogP contribution in [0.25, 0.3) is 0 Å². The topological polar surface area (TPSA) is 35.5 Å². The Kier molecular flexibility index (Phi) is 4.94. The molecule has 0 radical (unpaired) electrons. The third kappa shape index (κ3) is 3.32. The lowest BCUT2D eigenvalue weighted by molar-refractivity contribution is 0.112. The van der Waals surface area contributed by atoms with E-state index in [9.17, 15) is 4.79 Å². The Morgan fingerprint density at radius 1 is 1.38 bits per heavy atom. The molecule has 0 aromatic heterocycles. The molecular formula is C13H14O3. The van der Waals surface area contributed by atoms with Gasteiger partial charge in [-0.2, -0.15) is 0 Å². The molecule has 3 nitrogen and oxygen atoms in total. The van der Waals surface area contributed by atoms with Gasteiger partial charge in [0, 0.05) is 12.0 Å². The van der Waals surface area contributed by atoms with Crippen LogP contribution in [0, 0.1) is 12.3 Å². The Labute approximate surface area is 95.4 Å². The third-order valence-electron chi connectivity index (χ3n) is 1.91. The van der Waals surface area contributed by atoms with Crippen LogP contribution in [0.2, 0.25) is 0 Å². The molecule has 1 aromatic rings. The van der Waals surface area contributed by atoms with Crippen molar-refractivity contribution in [2.45, 2.75) is 13.3 Å². The summed E-state index contributed by atoms with van der Waals surface area (Å²) in [6.07, 6.45) is 6.44. The molecule has 0 N–H and O–H groups in total. The zero-order valence-corrected chi connectivity index (χ0v) is 9.23. The van der Waals surface area contributed by atoms with Crippen LogP contribution in [0.5, 0.6) is 11.5 Å². The minimum Gasteiger partial charge on any atom is -0.490 e. The Bertz CT molecular complexity index is 391. The average molecular weight is 218 g/mol. The SMILES string of the molecule is C#CCCOc1ccc(C=O)cc1OCC. The van der Waals surface area contributed by atoms with Crippen molar-refractivity contribution in [1.29, 1.82) is 0 Å². The zero-order valence-electron chi connectivity index (χ0n) is 9.23. The maximum atomic E-state index is 10.6. The number of terminal acetylenes is 1. The number of rotatable bonds is 6. The fourth-order valence-electron chi connectivity index (χ4n) is 1.21. The van der Waals surface area contributed by atoms with Gasteiger partial charge in [0.15, 0.2) is 11.5 Å². The van der Waals surface area contributed by atoms with E-state index in [1.807, 2.05) is 6.92 Å². The van der Waals surface area contributed by atoms with E-state index in [-0.39, 0.29) is 0 Å². The van der Waals surface area contributed by atoms with Gasteiger partial charge < -0.3 is 9.47 Å². The molecule has 0 unspecified atom stereocenters. The van der Waals surface area contributed by atoms with Crippen molar-refractivity contribution in [2.24, 2.45) is 0 Å². The quantitative estimate of drug-likeness (QED) is 0.417. The largest absolute Gasteiger partial charge is 0.490 e. The summed E-state index contributed by atoms with van der Waals surface area (Å²) in [4.78, 5) is 10.6. The number of carbonyl (C=O) groups excluding carboxylic acids is 1. The lowest BCUT2D eigenvalue weighted by Crippen LogP contribution is -2.00. The molecule has 0 saturated heterocycles. The monoisotopic (exact) mass is 218 g/mol. The Morgan fingerprint density at radius 2 is 2.19 bits per heavy atom. The molecule has 3 heteroatoms.